The number of hydrogen-bond donors (Lipinski definition) is 2. The molecule has 38 heavy (non-hydrogen) atoms. The number of esters is 1. The lowest BCUT2D eigenvalue weighted by molar-refractivity contribution is -0.146. The normalized spacial score (nSPS) is 39.5. The average Bonchev–Trinajstić information content (AvgIpc) is 3.03. The second kappa shape index (κ2) is 9.22. The molecule has 4 aliphatic rings. The Morgan fingerprint density at radius 3 is 2.26 bits per heavy atom. The fourth-order valence-corrected chi connectivity index (χ4v) is 8.68. The molecule has 7 heteroatoms. The first-order valence-corrected chi connectivity index (χ1v) is 14.0. The number of Topliss-reactive ketones (excluding diaryl/α,β-unsaturated/α-hetero) is 3. The minimum absolute atomic E-state index is 0.0643. The Morgan fingerprint density at radius 1 is 1.03 bits per heavy atom. The van der Waals surface area contributed by atoms with Gasteiger partial charge < -0.3 is 14.9 Å². The Balaban J connectivity index is 1.72. The summed E-state index contributed by atoms with van der Waals surface area (Å²) in [5.74, 6) is -1.67. The second-order valence-electron chi connectivity index (χ2n) is 13.7. The summed E-state index contributed by atoms with van der Waals surface area (Å²) in [6.07, 6.45) is 2.05. The van der Waals surface area contributed by atoms with Crippen LogP contribution in [0.15, 0.2) is 22.8 Å². The van der Waals surface area contributed by atoms with Crippen LogP contribution in [-0.2, 0) is 23.9 Å². The molecule has 1 unspecified atom stereocenters. The number of hydrogen-bond acceptors (Lipinski definition) is 7. The summed E-state index contributed by atoms with van der Waals surface area (Å²) in [6.45, 7) is 13.5. The van der Waals surface area contributed by atoms with Crippen LogP contribution >= 0.6 is 0 Å². The van der Waals surface area contributed by atoms with E-state index in [1.54, 1.807) is 13.0 Å². The van der Waals surface area contributed by atoms with Crippen LogP contribution < -0.4 is 0 Å². The second-order valence-corrected chi connectivity index (χ2v) is 13.7. The summed E-state index contributed by atoms with van der Waals surface area (Å²) >= 11 is 0. The molecule has 7 nitrogen and oxygen atoms in total. The monoisotopic (exact) mass is 528 g/mol. The molecule has 0 saturated heterocycles. The quantitative estimate of drug-likeness (QED) is 0.393. The standard InChI is InChI=1S/C31H44O7/c1-16(11-18(32)12-17(2)27(37)38-8)19-13-24(36)31(7)26-20(33)14-22-28(3,4)23(35)9-10-29(22,5)25(26)21(34)15-30(19,31)6/h13,16-17,22-24,35-36H,9-12,14-15H2,1-8H3/t16-,17?,22+,23+,24-,29+,30-,31+/m1/s1. The van der Waals surface area contributed by atoms with Crippen LogP contribution in [0.2, 0.25) is 0 Å². The largest absolute Gasteiger partial charge is 0.469 e. The van der Waals surface area contributed by atoms with E-state index in [4.69, 9.17) is 4.74 Å². The van der Waals surface area contributed by atoms with Crippen LogP contribution in [0.1, 0.15) is 87.0 Å². The Morgan fingerprint density at radius 2 is 1.66 bits per heavy atom. The molecule has 4 aliphatic carbocycles. The Hall–Kier alpha value is -2.12. The zero-order chi connectivity index (χ0) is 28.6. The number of aliphatic hydroxyl groups is 2. The molecule has 0 bridgehead atoms. The molecule has 1 saturated carbocycles. The molecular formula is C31H44O7. The minimum atomic E-state index is -0.993. The van der Waals surface area contributed by atoms with Gasteiger partial charge in [0.15, 0.2) is 11.6 Å². The van der Waals surface area contributed by atoms with Gasteiger partial charge in [0.25, 0.3) is 0 Å². The van der Waals surface area contributed by atoms with Crippen LogP contribution in [0.4, 0.5) is 0 Å². The Labute approximate surface area is 226 Å². The lowest BCUT2D eigenvalue weighted by atomic mass is 9.42. The van der Waals surface area contributed by atoms with E-state index >= 15 is 0 Å². The molecule has 0 spiro atoms. The molecule has 2 N–H and O–H groups in total. The van der Waals surface area contributed by atoms with E-state index in [2.05, 4.69) is 6.92 Å². The van der Waals surface area contributed by atoms with E-state index in [1.807, 2.05) is 34.6 Å². The molecule has 0 radical (unpaired) electrons. The summed E-state index contributed by atoms with van der Waals surface area (Å²) in [4.78, 5) is 52.7. The van der Waals surface area contributed by atoms with Crippen LogP contribution in [0, 0.1) is 39.4 Å². The highest BCUT2D eigenvalue weighted by atomic mass is 16.5. The van der Waals surface area contributed by atoms with Crippen LogP contribution in [0.5, 0.6) is 0 Å². The van der Waals surface area contributed by atoms with Crippen LogP contribution in [0.25, 0.3) is 0 Å². The van der Waals surface area contributed by atoms with Crippen molar-refractivity contribution in [3.05, 3.63) is 22.8 Å². The molecule has 0 aromatic carbocycles. The van der Waals surface area contributed by atoms with Gasteiger partial charge in [0.2, 0.25) is 0 Å². The van der Waals surface area contributed by atoms with E-state index < -0.39 is 45.8 Å². The third-order valence-electron chi connectivity index (χ3n) is 11.2. The predicted octanol–water partition coefficient (Wildman–Crippen LogP) is 4.14. The minimum Gasteiger partial charge on any atom is -0.469 e. The van der Waals surface area contributed by atoms with Crippen molar-refractivity contribution in [3.8, 4) is 0 Å². The first-order valence-electron chi connectivity index (χ1n) is 14.0. The SMILES string of the molecule is COC(=O)C(C)CC(=O)C[C@@H](C)C1=C[C@@H](O)[C@@]2(C)C3=C(C(=O)C[C@]12C)[C@@]1(C)CC[C@H](O)C(C)(C)[C@@H]1CC3=O. The lowest BCUT2D eigenvalue weighted by Gasteiger charge is -2.60. The van der Waals surface area contributed by atoms with E-state index in [0.29, 0.717) is 24.0 Å². The van der Waals surface area contributed by atoms with E-state index in [9.17, 15) is 29.4 Å². The van der Waals surface area contributed by atoms with Crippen molar-refractivity contribution >= 4 is 23.3 Å². The number of carbonyl (C=O) groups is 4. The zero-order valence-electron chi connectivity index (χ0n) is 24.1. The number of methoxy groups -OCH3 is 1. The molecule has 8 atom stereocenters. The van der Waals surface area contributed by atoms with Crippen LogP contribution in [-0.4, -0.2) is 52.8 Å². The predicted molar refractivity (Wildman–Crippen MR) is 142 cm³/mol. The summed E-state index contributed by atoms with van der Waals surface area (Å²) < 4.78 is 4.74. The zero-order valence-corrected chi connectivity index (χ0v) is 24.1. The average molecular weight is 529 g/mol. The van der Waals surface area contributed by atoms with Gasteiger partial charge in [-0.15, -0.1) is 0 Å². The summed E-state index contributed by atoms with van der Waals surface area (Å²) in [5, 5.41) is 22.3. The molecule has 0 amide bonds. The third kappa shape index (κ3) is 3.82. The maximum absolute atomic E-state index is 14.1. The molecule has 0 heterocycles. The van der Waals surface area contributed by atoms with E-state index in [-0.39, 0.29) is 54.9 Å². The van der Waals surface area contributed by atoms with E-state index in [1.165, 1.54) is 7.11 Å². The summed E-state index contributed by atoms with van der Waals surface area (Å²) in [7, 11) is 1.30. The molecule has 0 aromatic rings. The number of ketones is 3. The van der Waals surface area contributed by atoms with Crippen molar-refractivity contribution < 1.29 is 34.1 Å². The highest BCUT2D eigenvalue weighted by Gasteiger charge is 2.68. The van der Waals surface area contributed by atoms with Crippen molar-refractivity contribution in [2.45, 2.75) is 99.2 Å². The maximum atomic E-state index is 14.1. The summed E-state index contributed by atoms with van der Waals surface area (Å²) in [5.41, 5.74) is -1.04. The maximum Gasteiger partial charge on any atom is 0.308 e. The van der Waals surface area contributed by atoms with Crippen molar-refractivity contribution in [2.24, 2.45) is 39.4 Å². The lowest BCUT2D eigenvalue weighted by Crippen LogP contribution is -2.60. The molecule has 0 aromatic heterocycles. The first-order chi connectivity index (χ1) is 17.5. The number of rotatable bonds is 6. The molecule has 1 fully saturated rings. The van der Waals surface area contributed by atoms with Gasteiger partial charge in [0, 0.05) is 53.1 Å². The molecule has 210 valence electrons. The van der Waals surface area contributed by atoms with Gasteiger partial charge in [-0.25, -0.2) is 0 Å². The van der Waals surface area contributed by atoms with Gasteiger partial charge in [0.1, 0.15) is 5.78 Å². The van der Waals surface area contributed by atoms with Gasteiger partial charge in [-0.3, -0.25) is 19.2 Å². The molecule has 0 aliphatic heterocycles. The first kappa shape index (κ1) is 28.9. The molecular weight excluding hydrogens is 484 g/mol. The third-order valence-corrected chi connectivity index (χ3v) is 11.2. The Kier molecular flexibility index (Phi) is 7.01. The van der Waals surface area contributed by atoms with Gasteiger partial charge >= 0.3 is 5.97 Å². The fourth-order valence-electron chi connectivity index (χ4n) is 8.68. The van der Waals surface area contributed by atoms with Gasteiger partial charge in [-0.2, -0.15) is 0 Å². The smallest absolute Gasteiger partial charge is 0.308 e. The number of allylic oxidation sites excluding steroid dienone is 2. The highest BCUT2D eigenvalue weighted by Crippen LogP contribution is 2.69. The van der Waals surface area contributed by atoms with Gasteiger partial charge in [-0.05, 0) is 30.1 Å². The van der Waals surface area contributed by atoms with Crippen molar-refractivity contribution in [3.63, 3.8) is 0 Å². The Bertz CT molecular complexity index is 1140. The van der Waals surface area contributed by atoms with Crippen molar-refractivity contribution in [2.75, 3.05) is 7.11 Å². The topological polar surface area (TPSA) is 118 Å². The molecule has 4 rings (SSSR count). The summed E-state index contributed by atoms with van der Waals surface area (Å²) in [6, 6.07) is 0. The number of ether oxygens (including phenoxy) is 1. The number of fused-ring (bicyclic) bond motifs is 4. The van der Waals surface area contributed by atoms with Crippen molar-refractivity contribution in [1.29, 1.82) is 0 Å². The van der Waals surface area contributed by atoms with Gasteiger partial charge in [0.05, 0.1) is 25.2 Å². The number of carbonyl (C=O) groups excluding carboxylic acids is 4. The van der Waals surface area contributed by atoms with Gasteiger partial charge in [-0.1, -0.05) is 60.1 Å². The van der Waals surface area contributed by atoms with Crippen LogP contribution in [0.3, 0.4) is 0 Å². The highest BCUT2D eigenvalue weighted by molar-refractivity contribution is 6.12. The van der Waals surface area contributed by atoms with E-state index in [0.717, 1.165) is 5.57 Å². The fraction of sp³-hybridized carbons (Fsp3) is 0.742. The van der Waals surface area contributed by atoms with Crippen molar-refractivity contribution in [1.82, 2.24) is 0 Å². The number of aliphatic hydroxyl groups excluding tert-OH is 2.